The largest absolute Gasteiger partial charge is 0.376 e. The van der Waals surface area contributed by atoms with Crippen LogP contribution in [0.5, 0.6) is 0 Å². The van der Waals surface area contributed by atoms with E-state index in [2.05, 4.69) is 9.71 Å². The highest BCUT2D eigenvalue weighted by Crippen LogP contribution is 2.31. The van der Waals surface area contributed by atoms with Gasteiger partial charge in [0.05, 0.1) is 16.4 Å². The van der Waals surface area contributed by atoms with E-state index in [4.69, 9.17) is 23.2 Å². The normalized spacial score (nSPS) is 11.2. The molecule has 5 nitrogen and oxygen atoms in total. The summed E-state index contributed by atoms with van der Waals surface area (Å²) in [4.78, 5) is 5.48. The molecule has 0 spiro atoms. The molecule has 0 aliphatic heterocycles. The zero-order valence-corrected chi connectivity index (χ0v) is 13.7. The fourth-order valence-corrected chi connectivity index (χ4v) is 3.41. The highest BCUT2D eigenvalue weighted by molar-refractivity contribution is 7.92. The van der Waals surface area contributed by atoms with Crippen molar-refractivity contribution in [1.82, 2.24) is 4.98 Å². The average Bonchev–Trinajstić information content (AvgIpc) is 2.38. The zero-order valence-electron chi connectivity index (χ0n) is 11.3. The number of sulfonamides is 1. The molecule has 0 aliphatic rings. The molecule has 8 heteroatoms. The summed E-state index contributed by atoms with van der Waals surface area (Å²) in [5.74, 6) is 0. The van der Waals surface area contributed by atoms with E-state index in [-0.39, 0.29) is 9.92 Å². The molecule has 0 atom stereocenters. The molecule has 0 radical (unpaired) electrons. The van der Waals surface area contributed by atoms with Crippen molar-refractivity contribution in [2.75, 3.05) is 23.7 Å². The standard InChI is InChI=1S/C13H13Cl2N3O2S/c1-18(2)12-4-3-9(14)7-11(12)17-21(19,20)13-8-16-6-5-10(13)15/h3-8,17H,1-2H3. The molecule has 2 rings (SSSR count). The Kier molecular flexibility index (Phi) is 4.61. The predicted octanol–water partition coefficient (Wildman–Crippen LogP) is 3.26. The summed E-state index contributed by atoms with van der Waals surface area (Å²) in [5.41, 5.74) is 1.05. The van der Waals surface area contributed by atoms with Crippen molar-refractivity contribution in [3.05, 3.63) is 46.7 Å². The van der Waals surface area contributed by atoms with Crippen LogP contribution in [0, 0.1) is 0 Å². The Labute approximate surface area is 133 Å². The van der Waals surface area contributed by atoms with Gasteiger partial charge in [-0.3, -0.25) is 9.71 Å². The third-order valence-electron chi connectivity index (χ3n) is 2.71. The molecule has 0 fully saturated rings. The number of rotatable bonds is 4. The minimum atomic E-state index is -3.85. The summed E-state index contributed by atoms with van der Waals surface area (Å²) in [7, 11) is -0.239. The molecule has 1 aromatic heterocycles. The van der Waals surface area contributed by atoms with Crippen molar-refractivity contribution in [2.24, 2.45) is 0 Å². The summed E-state index contributed by atoms with van der Waals surface area (Å²) in [6, 6.07) is 6.37. The van der Waals surface area contributed by atoms with Gasteiger partial charge in [0.1, 0.15) is 4.90 Å². The van der Waals surface area contributed by atoms with Crippen LogP contribution in [0.1, 0.15) is 0 Å². The molecular weight excluding hydrogens is 333 g/mol. The second-order valence-electron chi connectivity index (χ2n) is 4.47. The molecule has 112 valence electrons. The van der Waals surface area contributed by atoms with Crippen LogP contribution >= 0.6 is 23.2 Å². The number of pyridine rings is 1. The van der Waals surface area contributed by atoms with Gasteiger partial charge in [0.15, 0.2) is 0 Å². The van der Waals surface area contributed by atoms with Gasteiger partial charge >= 0.3 is 0 Å². The third-order valence-corrected chi connectivity index (χ3v) is 4.78. The molecule has 0 bridgehead atoms. The van der Waals surface area contributed by atoms with Crippen LogP contribution in [-0.2, 0) is 10.0 Å². The third kappa shape index (κ3) is 3.58. The lowest BCUT2D eigenvalue weighted by atomic mass is 10.2. The van der Waals surface area contributed by atoms with E-state index in [0.717, 1.165) is 0 Å². The van der Waals surface area contributed by atoms with Crippen molar-refractivity contribution < 1.29 is 8.42 Å². The number of anilines is 2. The van der Waals surface area contributed by atoms with Gasteiger partial charge < -0.3 is 4.90 Å². The Hall–Kier alpha value is -1.50. The monoisotopic (exact) mass is 345 g/mol. The number of nitrogens with zero attached hydrogens (tertiary/aromatic N) is 2. The van der Waals surface area contributed by atoms with Gasteiger partial charge in [0, 0.05) is 31.5 Å². The maximum absolute atomic E-state index is 12.4. The van der Waals surface area contributed by atoms with Crippen molar-refractivity contribution in [1.29, 1.82) is 0 Å². The summed E-state index contributed by atoms with van der Waals surface area (Å²) in [5, 5.41) is 0.529. The predicted molar refractivity (Wildman–Crippen MR) is 85.8 cm³/mol. The van der Waals surface area contributed by atoms with Gasteiger partial charge in [-0.1, -0.05) is 23.2 Å². The van der Waals surface area contributed by atoms with Crippen molar-refractivity contribution >= 4 is 44.6 Å². The lowest BCUT2D eigenvalue weighted by Gasteiger charge is -2.19. The van der Waals surface area contributed by atoms with Gasteiger partial charge in [-0.2, -0.15) is 0 Å². The van der Waals surface area contributed by atoms with E-state index in [9.17, 15) is 8.42 Å². The first-order valence-electron chi connectivity index (χ1n) is 5.90. The topological polar surface area (TPSA) is 62.3 Å². The lowest BCUT2D eigenvalue weighted by Crippen LogP contribution is -2.17. The first-order chi connectivity index (χ1) is 9.81. The van der Waals surface area contributed by atoms with Crippen molar-refractivity contribution in [3.63, 3.8) is 0 Å². The number of benzene rings is 1. The average molecular weight is 346 g/mol. The molecule has 2 aromatic rings. The molecule has 0 unspecified atom stereocenters. The van der Waals surface area contributed by atoms with Crippen LogP contribution in [0.3, 0.4) is 0 Å². The van der Waals surface area contributed by atoms with E-state index >= 15 is 0 Å². The molecule has 1 N–H and O–H groups in total. The zero-order chi connectivity index (χ0) is 15.6. The summed E-state index contributed by atoms with van der Waals surface area (Å²) in [6.45, 7) is 0. The van der Waals surface area contributed by atoms with Crippen LogP contribution in [0.25, 0.3) is 0 Å². The fraction of sp³-hybridized carbons (Fsp3) is 0.154. The van der Waals surface area contributed by atoms with Crippen LogP contribution in [0.2, 0.25) is 10.0 Å². The van der Waals surface area contributed by atoms with Gasteiger partial charge in [-0.25, -0.2) is 8.42 Å². The minimum absolute atomic E-state index is 0.0867. The Bertz CT molecular complexity index is 764. The number of aromatic nitrogens is 1. The smallest absolute Gasteiger partial charge is 0.264 e. The van der Waals surface area contributed by atoms with Gasteiger partial charge in [-0.05, 0) is 24.3 Å². The highest BCUT2D eigenvalue weighted by atomic mass is 35.5. The van der Waals surface area contributed by atoms with Crippen LogP contribution in [0.15, 0.2) is 41.6 Å². The molecule has 0 aliphatic carbocycles. The quantitative estimate of drug-likeness (QED) is 0.923. The van der Waals surface area contributed by atoms with Gasteiger partial charge in [-0.15, -0.1) is 0 Å². The maximum atomic E-state index is 12.4. The fourth-order valence-electron chi connectivity index (χ4n) is 1.74. The number of nitrogens with one attached hydrogen (secondary N) is 1. The summed E-state index contributed by atoms with van der Waals surface area (Å²) < 4.78 is 27.3. The number of hydrogen-bond acceptors (Lipinski definition) is 4. The lowest BCUT2D eigenvalue weighted by molar-refractivity contribution is 0.601. The van der Waals surface area contributed by atoms with Crippen molar-refractivity contribution in [2.45, 2.75) is 4.90 Å². The van der Waals surface area contributed by atoms with E-state index in [1.165, 1.54) is 18.5 Å². The minimum Gasteiger partial charge on any atom is -0.376 e. The van der Waals surface area contributed by atoms with E-state index in [1.54, 1.807) is 37.2 Å². The molecule has 1 heterocycles. The SMILES string of the molecule is CN(C)c1ccc(Cl)cc1NS(=O)(=O)c1cnccc1Cl. The van der Waals surface area contributed by atoms with E-state index < -0.39 is 10.0 Å². The maximum Gasteiger partial charge on any atom is 0.264 e. The molecular formula is C13H13Cl2N3O2S. The molecule has 1 aromatic carbocycles. The van der Waals surface area contributed by atoms with E-state index in [0.29, 0.717) is 16.4 Å². The Morgan fingerprint density at radius 2 is 1.90 bits per heavy atom. The van der Waals surface area contributed by atoms with Gasteiger partial charge in [0.2, 0.25) is 0 Å². The van der Waals surface area contributed by atoms with E-state index in [1.807, 2.05) is 0 Å². The summed E-state index contributed by atoms with van der Waals surface area (Å²) in [6.07, 6.45) is 2.62. The summed E-state index contributed by atoms with van der Waals surface area (Å²) >= 11 is 11.8. The number of halogens is 2. The molecule has 0 amide bonds. The highest BCUT2D eigenvalue weighted by Gasteiger charge is 2.20. The second kappa shape index (κ2) is 6.09. The Morgan fingerprint density at radius 3 is 2.52 bits per heavy atom. The first-order valence-corrected chi connectivity index (χ1v) is 8.14. The molecule has 0 saturated carbocycles. The Morgan fingerprint density at radius 1 is 1.19 bits per heavy atom. The molecule has 0 saturated heterocycles. The van der Waals surface area contributed by atoms with Crippen molar-refractivity contribution in [3.8, 4) is 0 Å². The number of hydrogen-bond donors (Lipinski definition) is 1. The second-order valence-corrected chi connectivity index (χ2v) is 6.96. The molecule has 21 heavy (non-hydrogen) atoms. The Balaban J connectivity index is 2.47. The van der Waals surface area contributed by atoms with Gasteiger partial charge in [0.25, 0.3) is 10.0 Å². The van der Waals surface area contributed by atoms with Crippen LogP contribution in [-0.4, -0.2) is 27.5 Å². The first kappa shape index (κ1) is 15.9. The van der Waals surface area contributed by atoms with Crippen LogP contribution in [0.4, 0.5) is 11.4 Å². The van der Waals surface area contributed by atoms with Crippen LogP contribution < -0.4 is 9.62 Å².